The number of carbonyl (C=O) groups is 1. The number of amides is 1. The van der Waals surface area contributed by atoms with Crippen molar-refractivity contribution >= 4 is 21.8 Å². The molecule has 0 aromatic heterocycles. The largest absolute Gasteiger partial charge is 0.373 e. The van der Waals surface area contributed by atoms with Crippen molar-refractivity contribution in [3.8, 4) is 0 Å². The van der Waals surface area contributed by atoms with Gasteiger partial charge in [0, 0.05) is 17.6 Å². The van der Waals surface area contributed by atoms with Gasteiger partial charge in [0.25, 0.3) is 5.91 Å². The monoisotopic (exact) mass is 333 g/mol. The Morgan fingerprint density at radius 1 is 1.47 bits per heavy atom. The van der Waals surface area contributed by atoms with Crippen LogP contribution in [0.1, 0.15) is 30.1 Å². The van der Waals surface area contributed by atoms with Gasteiger partial charge >= 0.3 is 0 Å². The van der Waals surface area contributed by atoms with E-state index in [-0.39, 0.29) is 11.0 Å². The maximum absolute atomic E-state index is 13.6. The predicted octanol–water partition coefficient (Wildman–Crippen LogP) is 3.03. The van der Waals surface area contributed by atoms with E-state index in [1.165, 1.54) is 0 Å². The lowest BCUT2D eigenvalue weighted by atomic mass is 10.0. The molecule has 1 aromatic carbocycles. The summed E-state index contributed by atoms with van der Waals surface area (Å²) < 4.78 is 32.9. The molecule has 1 unspecified atom stereocenters. The van der Waals surface area contributed by atoms with Gasteiger partial charge in [-0.25, -0.2) is 8.78 Å². The van der Waals surface area contributed by atoms with Crippen molar-refractivity contribution in [2.75, 3.05) is 13.2 Å². The topological polar surface area (TPSA) is 38.3 Å². The molecule has 6 heteroatoms. The third-order valence-corrected chi connectivity index (χ3v) is 3.62. The van der Waals surface area contributed by atoms with Crippen molar-refractivity contribution in [2.45, 2.75) is 25.4 Å². The van der Waals surface area contributed by atoms with E-state index >= 15 is 0 Å². The SMILES string of the molecule is CC1(CNC(=O)c2c(F)cc(Br)cc2F)CCCO1. The minimum atomic E-state index is -0.887. The Bertz CT molecular complexity index is 478. The van der Waals surface area contributed by atoms with E-state index in [2.05, 4.69) is 21.2 Å². The molecule has 3 nitrogen and oxygen atoms in total. The first kappa shape index (κ1) is 14.4. The Morgan fingerprint density at radius 2 is 2.11 bits per heavy atom. The summed E-state index contributed by atoms with van der Waals surface area (Å²) in [6.45, 7) is 2.75. The Kier molecular flexibility index (Phi) is 4.20. The molecule has 1 aromatic rings. The summed E-state index contributed by atoms with van der Waals surface area (Å²) in [5, 5.41) is 2.52. The Balaban J connectivity index is 2.08. The molecule has 1 amide bonds. The van der Waals surface area contributed by atoms with Gasteiger partial charge in [0.15, 0.2) is 0 Å². The van der Waals surface area contributed by atoms with E-state index in [1.54, 1.807) is 0 Å². The molecular weight excluding hydrogens is 320 g/mol. The highest BCUT2D eigenvalue weighted by molar-refractivity contribution is 9.10. The van der Waals surface area contributed by atoms with Crippen LogP contribution in [0, 0.1) is 11.6 Å². The molecule has 0 aliphatic carbocycles. The van der Waals surface area contributed by atoms with E-state index in [9.17, 15) is 13.6 Å². The van der Waals surface area contributed by atoms with Crippen LogP contribution in [0.3, 0.4) is 0 Å². The third-order valence-electron chi connectivity index (χ3n) is 3.16. The number of halogens is 3. The lowest BCUT2D eigenvalue weighted by molar-refractivity contribution is 0.0205. The van der Waals surface area contributed by atoms with Gasteiger partial charge in [0.05, 0.1) is 5.60 Å². The van der Waals surface area contributed by atoms with Crippen LogP contribution in [-0.4, -0.2) is 24.7 Å². The number of rotatable bonds is 3. The van der Waals surface area contributed by atoms with Crippen LogP contribution >= 0.6 is 15.9 Å². The molecule has 1 N–H and O–H groups in total. The highest BCUT2D eigenvalue weighted by Gasteiger charge is 2.30. The summed E-state index contributed by atoms with van der Waals surface area (Å²) in [5.41, 5.74) is -1.01. The lowest BCUT2D eigenvalue weighted by Gasteiger charge is -2.23. The zero-order valence-corrected chi connectivity index (χ0v) is 12.0. The van der Waals surface area contributed by atoms with Crippen LogP contribution in [0.5, 0.6) is 0 Å². The first-order valence-corrected chi connectivity index (χ1v) is 6.77. The molecule has 1 aliphatic rings. The number of ether oxygens (including phenoxy) is 1. The minimum Gasteiger partial charge on any atom is -0.373 e. The normalized spacial score (nSPS) is 22.5. The van der Waals surface area contributed by atoms with E-state index in [0.717, 1.165) is 25.0 Å². The van der Waals surface area contributed by atoms with E-state index in [1.807, 2.05) is 6.92 Å². The zero-order valence-electron chi connectivity index (χ0n) is 10.4. The molecule has 2 rings (SSSR count). The van der Waals surface area contributed by atoms with E-state index < -0.39 is 28.7 Å². The number of hydrogen-bond acceptors (Lipinski definition) is 2. The van der Waals surface area contributed by atoms with Gasteiger partial charge < -0.3 is 10.1 Å². The van der Waals surface area contributed by atoms with Crippen molar-refractivity contribution in [3.63, 3.8) is 0 Å². The van der Waals surface area contributed by atoms with Gasteiger partial charge in [-0.1, -0.05) is 15.9 Å². The van der Waals surface area contributed by atoms with Gasteiger partial charge in [0.1, 0.15) is 17.2 Å². The van der Waals surface area contributed by atoms with Crippen LogP contribution < -0.4 is 5.32 Å². The second-order valence-electron chi connectivity index (χ2n) is 4.83. The van der Waals surface area contributed by atoms with Crippen molar-refractivity contribution in [1.82, 2.24) is 5.32 Å². The first-order chi connectivity index (χ1) is 8.91. The lowest BCUT2D eigenvalue weighted by Crippen LogP contribution is -2.40. The molecule has 1 atom stereocenters. The van der Waals surface area contributed by atoms with Gasteiger partial charge in [-0.05, 0) is 31.9 Å². The molecule has 1 saturated heterocycles. The number of carbonyl (C=O) groups excluding carboxylic acids is 1. The highest BCUT2D eigenvalue weighted by Crippen LogP contribution is 2.24. The molecule has 104 valence electrons. The van der Waals surface area contributed by atoms with E-state index in [4.69, 9.17) is 4.74 Å². The maximum atomic E-state index is 13.6. The number of hydrogen-bond donors (Lipinski definition) is 1. The van der Waals surface area contributed by atoms with Crippen LogP contribution in [0.4, 0.5) is 8.78 Å². The molecule has 0 radical (unpaired) electrons. The average molecular weight is 334 g/mol. The Morgan fingerprint density at radius 3 is 2.63 bits per heavy atom. The fourth-order valence-corrected chi connectivity index (χ4v) is 2.49. The second-order valence-corrected chi connectivity index (χ2v) is 5.74. The molecule has 0 saturated carbocycles. The molecule has 1 heterocycles. The standard InChI is InChI=1S/C13H14BrF2NO2/c1-13(3-2-4-19-13)7-17-12(18)11-9(15)5-8(14)6-10(11)16/h5-6H,2-4,7H2,1H3,(H,17,18). The molecule has 0 spiro atoms. The smallest absolute Gasteiger partial charge is 0.257 e. The Labute approximate surface area is 118 Å². The molecule has 1 fully saturated rings. The second kappa shape index (κ2) is 5.54. The summed E-state index contributed by atoms with van der Waals surface area (Å²) in [6.07, 6.45) is 1.74. The van der Waals surface area contributed by atoms with Crippen molar-refractivity contribution in [1.29, 1.82) is 0 Å². The fourth-order valence-electron chi connectivity index (χ4n) is 2.09. The summed E-state index contributed by atoms with van der Waals surface area (Å²) in [4.78, 5) is 11.8. The molecular formula is C13H14BrF2NO2. The van der Waals surface area contributed by atoms with Crippen molar-refractivity contribution in [3.05, 3.63) is 33.8 Å². The molecule has 0 bridgehead atoms. The quantitative estimate of drug-likeness (QED) is 0.923. The minimum absolute atomic E-state index is 0.237. The van der Waals surface area contributed by atoms with Gasteiger partial charge in [0.2, 0.25) is 0 Å². The van der Waals surface area contributed by atoms with Crippen molar-refractivity contribution in [2.24, 2.45) is 0 Å². The van der Waals surface area contributed by atoms with Gasteiger partial charge in [-0.3, -0.25) is 4.79 Å². The zero-order chi connectivity index (χ0) is 14.0. The first-order valence-electron chi connectivity index (χ1n) is 5.98. The summed E-state index contributed by atoms with van der Waals surface area (Å²) in [5.74, 6) is -2.54. The Hall–Kier alpha value is -1.01. The molecule has 1 aliphatic heterocycles. The van der Waals surface area contributed by atoms with Crippen molar-refractivity contribution < 1.29 is 18.3 Å². The fraction of sp³-hybridized carbons (Fsp3) is 0.462. The van der Waals surface area contributed by atoms with Crippen LogP contribution in [-0.2, 0) is 4.74 Å². The summed E-state index contributed by atoms with van der Waals surface area (Å²) in [6, 6.07) is 2.12. The highest BCUT2D eigenvalue weighted by atomic mass is 79.9. The number of nitrogens with one attached hydrogen (secondary N) is 1. The van der Waals surface area contributed by atoms with Crippen LogP contribution in [0.25, 0.3) is 0 Å². The predicted molar refractivity (Wildman–Crippen MR) is 70.0 cm³/mol. The van der Waals surface area contributed by atoms with E-state index in [0.29, 0.717) is 6.61 Å². The summed E-state index contributed by atoms with van der Waals surface area (Å²) in [7, 11) is 0. The average Bonchev–Trinajstić information content (AvgIpc) is 2.73. The van der Waals surface area contributed by atoms with Crippen LogP contribution in [0.2, 0.25) is 0 Å². The number of benzene rings is 1. The summed E-state index contributed by atoms with van der Waals surface area (Å²) >= 11 is 2.97. The van der Waals surface area contributed by atoms with Gasteiger partial charge in [-0.15, -0.1) is 0 Å². The van der Waals surface area contributed by atoms with Crippen LogP contribution in [0.15, 0.2) is 16.6 Å². The van der Waals surface area contributed by atoms with Gasteiger partial charge in [-0.2, -0.15) is 0 Å². The maximum Gasteiger partial charge on any atom is 0.257 e. The third kappa shape index (κ3) is 3.30. The molecule has 19 heavy (non-hydrogen) atoms.